The molecule has 1 amide bonds. The van der Waals surface area contributed by atoms with Gasteiger partial charge < -0.3 is 10.6 Å². The average molecular weight is 307 g/mol. The van der Waals surface area contributed by atoms with Gasteiger partial charge in [-0.1, -0.05) is 17.7 Å². The maximum Gasteiger partial charge on any atom is 0.256 e. The normalized spacial score (nSPS) is 20.0. The van der Waals surface area contributed by atoms with Crippen molar-refractivity contribution in [2.75, 3.05) is 13.1 Å². The van der Waals surface area contributed by atoms with Crippen molar-refractivity contribution >= 4 is 29.9 Å². The third-order valence-electron chi connectivity index (χ3n) is 3.44. The predicted octanol–water partition coefficient (Wildman–Crippen LogP) is 2.71. The van der Waals surface area contributed by atoms with Crippen LogP contribution in [0.5, 0.6) is 0 Å². The minimum Gasteiger partial charge on any atom is -0.338 e. The van der Waals surface area contributed by atoms with Gasteiger partial charge in [-0.25, -0.2) is 4.39 Å². The molecule has 0 aliphatic carbocycles. The van der Waals surface area contributed by atoms with E-state index in [2.05, 4.69) is 0 Å². The Kier molecular flexibility index (Phi) is 5.59. The van der Waals surface area contributed by atoms with Crippen LogP contribution >= 0.6 is 24.0 Å². The van der Waals surface area contributed by atoms with Crippen molar-refractivity contribution in [2.24, 2.45) is 11.7 Å². The SMILES string of the molecule is CC(N)C1CCN(C(=O)c2cccc(Cl)c2F)C1.Cl. The van der Waals surface area contributed by atoms with Gasteiger partial charge >= 0.3 is 0 Å². The summed E-state index contributed by atoms with van der Waals surface area (Å²) in [6.07, 6.45) is 0.867. The second kappa shape index (κ2) is 6.55. The van der Waals surface area contributed by atoms with Gasteiger partial charge in [0.25, 0.3) is 5.91 Å². The van der Waals surface area contributed by atoms with E-state index in [0.717, 1.165) is 6.42 Å². The van der Waals surface area contributed by atoms with Crippen molar-refractivity contribution < 1.29 is 9.18 Å². The van der Waals surface area contributed by atoms with Crippen LogP contribution in [0.1, 0.15) is 23.7 Å². The fraction of sp³-hybridized carbons (Fsp3) is 0.462. The molecule has 0 saturated carbocycles. The van der Waals surface area contributed by atoms with Crippen LogP contribution in [0.25, 0.3) is 0 Å². The highest BCUT2D eigenvalue weighted by atomic mass is 35.5. The maximum absolute atomic E-state index is 13.8. The average Bonchev–Trinajstić information content (AvgIpc) is 2.81. The van der Waals surface area contributed by atoms with Crippen LogP contribution < -0.4 is 5.73 Å². The Morgan fingerprint density at radius 1 is 1.58 bits per heavy atom. The van der Waals surface area contributed by atoms with E-state index in [1.165, 1.54) is 12.1 Å². The summed E-state index contributed by atoms with van der Waals surface area (Å²) in [4.78, 5) is 13.8. The Morgan fingerprint density at radius 3 is 2.84 bits per heavy atom. The number of hydrogen-bond donors (Lipinski definition) is 1. The number of benzene rings is 1. The monoisotopic (exact) mass is 306 g/mol. The van der Waals surface area contributed by atoms with E-state index < -0.39 is 5.82 Å². The third-order valence-corrected chi connectivity index (χ3v) is 3.73. The number of carbonyl (C=O) groups is 1. The molecule has 1 heterocycles. The zero-order valence-electron chi connectivity index (χ0n) is 10.6. The standard InChI is InChI=1S/C13H16ClFN2O.ClH/c1-8(16)9-5-6-17(7-9)13(18)10-3-2-4-11(14)12(10)15;/h2-4,8-9H,5-7,16H2,1H3;1H. The van der Waals surface area contributed by atoms with Crippen LogP contribution in [0.2, 0.25) is 5.02 Å². The molecule has 0 radical (unpaired) electrons. The fourth-order valence-corrected chi connectivity index (χ4v) is 2.41. The molecule has 0 spiro atoms. The molecule has 19 heavy (non-hydrogen) atoms. The molecule has 106 valence electrons. The molecule has 2 rings (SSSR count). The zero-order chi connectivity index (χ0) is 13.3. The van der Waals surface area contributed by atoms with Gasteiger partial charge in [0.2, 0.25) is 0 Å². The van der Waals surface area contributed by atoms with E-state index in [9.17, 15) is 9.18 Å². The maximum atomic E-state index is 13.8. The van der Waals surface area contributed by atoms with Crippen molar-refractivity contribution in [3.8, 4) is 0 Å². The van der Waals surface area contributed by atoms with Gasteiger partial charge in [0.1, 0.15) is 0 Å². The summed E-state index contributed by atoms with van der Waals surface area (Å²) in [7, 11) is 0. The number of carbonyl (C=O) groups excluding carboxylic acids is 1. The zero-order valence-corrected chi connectivity index (χ0v) is 12.2. The van der Waals surface area contributed by atoms with E-state index in [1.54, 1.807) is 11.0 Å². The molecular weight excluding hydrogens is 290 g/mol. The molecule has 1 aromatic rings. The second-order valence-corrected chi connectivity index (χ2v) is 5.17. The molecule has 2 N–H and O–H groups in total. The quantitative estimate of drug-likeness (QED) is 0.913. The van der Waals surface area contributed by atoms with E-state index >= 15 is 0 Å². The first-order chi connectivity index (χ1) is 8.50. The summed E-state index contributed by atoms with van der Waals surface area (Å²) in [5, 5.41) is -0.0243. The van der Waals surface area contributed by atoms with Gasteiger partial charge in [0, 0.05) is 19.1 Å². The lowest BCUT2D eigenvalue weighted by Gasteiger charge is -2.18. The van der Waals surface area contributed by atoms with Gasteiger partial charge in [0.05, 0.1) is 10.6 Å². The van der Waals surface area contributed by atoms with Crippen molar-refractivity contribution in [1.29, 1.82) is 0 Å². The van der Waals surface area contributed by atoms with Gasteiger partial charge in [-0.2, -0.15) is 0 Å². The van der Waals surface area contributed by atoms with Crippen molar-refractivity contribution in [2.45, 2.75) is 19.4 Å². The lowest BCUT2D eigenvalue weighted by Crippen LogP contribution is -2.33. The molecule has 3 nitrogen and oxygen atoms in total. The largest absolute Gasteiger partial charge is 0.338 e. The summed E-state index contributed by atoms with van der Waals surface area (Å²) < 4.78 is 13.8. The molecule has 2 unspecified atom stereocenters. The van der Waals surface area contributed by atoms with E-state index in [-0.39, 0.29) is 40.9 Å². The predicted molar refractivity (Wildman–Crippen MR) is 76.3 cm³/mol. The highest BCUT2D eigenvalue weighted by Crippen LogP contribution is 2.24. The molecule has 1 aliphatic heterocycles. The van der Waals surface area contributed by atoms with Crippen LogP contribution in [-0.4, -0.2) is 29.9 Å². The van der Waals surface area contributed by atoms with Crippen LogP contribution in [0.3, 0.4) is 0 Å². The Balaban J connectivity index is 0.00000180. The first-order valence-electron chi connectivity index (χ1n) is 5.99. The molecule has 0 bridgehead atoms. The summed E-state index contributed by atoms with van der Waals surface area (Å²) in [5.74, 6) is -0.664. The number of likely N-dealkylation sites (tertiary alicyclic amines) is 1. The summed E-state index contributed by atoms with van der Waals surface area (Å²) >= 11 is 5.68. The topological polar surface area (TPSA) is 46.3 Å². The molecule has 2 atom stereocenters. The van der Waals surface area contributed by atoms with Crippen LogP contribution in [0.15, 0.2) is 18.2 Å². The molecular formula is C13H17Cl2FN2O. The Hall–Kier alpha value is -0.840. The highest BCUT2D eigenvalue weighted by molar-refractivity contribution is 6.31. The highest BCUT2D eigenvalue weighted by Gasteiger charge is 2.30. The third kappa shape index (κ3) is 3.38. The number of nitrogens with two attached hydrogens (primary N) is 1. The van der Waals surface area contributed by atoms with Crippen molar-refractivity contribution in [1.82, 2.24) is 4.90 Å². The Bertz CT molecular complexity index is 468. The minimum atomic E-state index is -0.645. The summed E-state index contributed by atoms with van der Waals surface area (Å²) in [6.45, 7) is 3.14. The van der Waals surface area contributed by atoms with Crippen molar-refractivity contribution in [3.63, 3.8) is 0 Å². The Morgan fingerprint density at radius 2 is 2.26 bits per heavy atom. The van der Waals surface area contributed by atoms with Gasteiger partial charge in [0.15, 0.2) is 5.82 Å². The van der Waals surface area contributed by atoms with Gasteiger partial charge in [-0.05, 0) is 31.4 Å². The van der Waals surface area contributed by atoms with E-state index in [4.69, 9.17) is 17.3 Å². The smallest absolute Gasteiger partial charge is 0.256 e. The first kappa shape index (κ1) is 16.2. The second-order valence-electron chi connectivity index (χ2n) is 4.76. The molecule has 1 fully saturated rings. The number of nitrogens with zero attached hydrogens (tertiary/aromatic N) is 1. The fourth-order valence-electron chi connectivity index (χ4n) is 2.24. The van der Waals surface area contributed by atoms with Crippen LogP contribution in [0, 0.1) is 11.7 Å². The van der Waals surface area contributed by atoms with E-state index in [0.29, 0.717) is 13.1 Å². The summed E-state index contributed by atoms with van der Waals surface area (Å²) in [5.41, 5.74) is 5.85. The molecule has 0 aromatic heterocycles. The number of amides is 1. The lowest BCUT2D eigenvalue weighted by atomic mass is 10.0. The molecule has 1 aliphatic rings. The van der Waals surface area contributed by atoms with Crippen LogP contribution in [-0.2, 0) is 0 Å². The molecule has 1 aromatic carbocycles. The van der Waals surface area contributed by atoms with Gasteiger partial charge in [-0.3, -0.25) is 4.79 Å². The first-order valence-corrected chi connectivity index (χ1v) is 6.37. The number of halogens is 3. The number of rotatable bonds is 2. The van der Waals surface area contributed by atoms with Gasteiger partial charge in [-0.15, -0.1) is 12.4 Å². The molecule has 1 saturated heterocycles. The van der Waals surface area contributed by atoms with Crippen molar-refractivity contribution in [3.05, 3.63) is 34.6 Å². The number of hydrogen-bond acceptors (Lipinski definition) is 2. The minimum absolute atomic E-state index is 0. The van der Waals surface area contributed by atoms with Crippen LogP contribution in [0.4, 0.5) is 4.39 Å². The summed E-state index contributed by atoms with van der Waals surface area (Å²) in [6, 6.07) is 4.52. The Labute approximate surface area is 123 Å². The molecule has 6 heteroatoms. The lowest BCUT2D eigenvalue weighted by molar-refractivity contribution is 0.0781. The van der Waals surface area contributed by atoms with E-state index in [1.807, 2.05) is 6.92 Å².